The number of hydrogen-bond donors (Lipinski definition) is 2. The molecule has 2 aromatic rings. The van der Waals surface area contributed by atoms with Crippen molar-refractivity contribution in [3.63, 3.8) is 0 Å². The fourth-order valence-electron chi connectivity index (χ4n) is 2.21. The zero-order valence-corrected chi connectivity index (χ0v) is 14.0. The van der Waals surface area contributed by atoms with E-state index < -0.39 is 6.04 Å². The molecule has 0 aliphatic heterocycles. The molecule has 0 unspecified atom stereocenters. The normalized spacial score (nSPS) is 11.6. The van der Waals surface area contributed by atoms with E-state index in [0.717, 1.165) is 11.3 Å². The smallest absolute Gasteiger partial charge is 0.242 e. The first kappa shape index (κ1) is 17.5. The number of rotatable bonds is 7. The van der Waals surface area contributed by atoms with Gasteiger partial charge in [0, 0.05) is 18.6 Å². The third-order valence-electron chi connectivity index (χ3n) is 3.46. The van der Waals surface area contributed by atoms with Crippen molar-refractivity contribution < 1.29 is 18.8 Å². The lowest BCUT2D eigenvalue weighted by atomic mass is 10.1. The number of amides is 2. The van der Waals surface area contributed by atoms with Gasteiger partial charge >= 0.3 is 0 Å². The Kier molecular flexibility index (Phi) is 5.95. The van der Waals surface area contributed by atoms with Gasteiger partial charge in [-0.25, -0.2) is 0 Å². The predicted molar refractivity (Wildman–Crippen MR) is 88.2 cm³/mol. The van der Waals surface area contributed by atoms with E-state index >= 15 is 0 Å². The molecule has 0 fully saturated rings. The topological polar surface area (TPSA) is 93.5 Å². The maximum Gasteiger partial charge on any atom is 0.242 e. The highest BCUT2D eigenvalue weighted by Crippen LogP contribution is 2.23. The molecule has 0 radical (unpaired) electrons. The van der Waals surface area contributed by atoms with Crippen LogP contribution >= 0.6 is 0 Å². The monoisotopic (exact) mass is 331 g/mol. The Bertz CT molecular complexity index is 711. The van der Waals surface area contributed by atoms with E-state index in [0.29, 0.717) is 17.9 Å². The van der Waals surface area contributed by atoms with Crippen molar-refractivity contribution in [1.82, 2.24) is 15.8 Å². The molecule has 1 aromatic heterocycles. The summed E-state index contributed by atoms with van der Waals surface area (Å²) in [5.41, 5.74) is 1.52. The Morgan fingerprint density at radius 1 is 1.33 bits per heavy atom. The average Bonchev–Trinajstić information content (AvgIpc) is 3.06. The molecule has 0 saturated carbocycles. The van der Waals surface area contributed by atoms with E-state index in [2.05, 4.69) is 15.8 Å². The molecule has 1 atom stereocenters. The van der Waals surface area contributed by atoms with Crippen LogP contribution in [0.4, 0.5) is 0 Å². The summed E-state index contributed by atoms with van der Waals surface area (Å²) in [6, 6.07) is 8.66. The summed E-state index contributed by atoms with van der Waals surface area (Å²) in [6.07, 6.45) is 0.511. The summed E-state index contributed by atoms with van der Waals surface area (Å²) >= 11 is 0. The summed E-state index contributed by atoms with van der Waals surface area (Å²) in [6.45, 7) is 3.41. The van der Waals surface area contributed by atoms with Crippen molar-refractivity contribution in [2.75, 3.05) is 7.11 Å². The second kappa shape index (κ2) is 8.14. The van der Waals surface area contributed by atoms with Gasteiger partial charge in [0.15, 0.2) is 5.76 Å². The van der Waals surface area contributed by atoms with Gasteiger partial charge in [-0.3, -0.25) is 9.59 Å². The lowest BCUT2D eigenvalue weighted by molar-refractivity contribution is -0.128. The number of carbonyl (C=O) groups is 2. The van der Waals surface area contributed by atoms with Crippen LogP contribution in [-0.2, 0) is 16.1 Å². The molecular weight excluding hydrogens is 310 g/mol. The van der Waals surface area contributed by atoms with Crippen LogP contribution in [0.5, 0.6) is 5.75 Å². The molecule has 2 rings (SSSR count). The van der Waals surface area contributed by atoms with Gasteiger partial charge in [-0.05, 0) is 18.6 Å². The lowest BCUT2D eigenvalue weighted by Crippen LogP contribution is -2.45. The summed E-state index contributed by atoms with van der Waals surface area (Å²) in [5, 5.41) is 9.33. The third kappa shape index (κ3) is 4.58. The predicted octanol–water partition coefficient (Wildman–Crippen LogP) is 1.88. The van der Waals surface area contributed by atoms with Crippen LogP contribution in [0.2, 0.25) is 0 Å². The van der Waals surface area contributed by atoms with E-state index in [1.165, 1.54) is 6.92 Å². The van der Waals surface area contributed by atoms with E-state index in [1.807, 2.05) is 31.2 Å². The standard InChI is InChI=1S/C17H21N3O4/c1-4-15(19-11(2)21)17(22)18-10-14-9-16(20-24-14)12-6-5-7-13(8-12)23-3/h5-9,15H,4,10H2,1-3H3,(H,18,22)(H,19,21)/t15-/m1/s1. The second-order valence-corrected chi connectivity index (χ2v) is 5.29. The van der Waals surface area contributed by atoms with Gasteiger partial charge in [0.25, 0.3) is 0 Å². The zero-order chi connectivity index (χ0) is 17.5. The highest BCUT2D eigenvalue weighted by atomic mass is 16.5. The molecule has 0 bridgehead atoms. The Labute approximate surface area is 140 Å². The van der Waals surface area contributed by atoms with Crippen molar-refractivity contribution in [2.45, 2.75) is 32.9 Å². The van der Waals surface area contributed by atoms with E-state index in [9.17, 15) is 9.59 Å². The minimum absolute atomic E-state index is 0.200. The van der Waals surface area contributed by atoms with Gasteiger partial charge in [0.2, 0.25) is 11.8 Å². The van der Waals surface area contributed by atoms with Gasteiger partial charge in [0.1, 0.15) is 17.5 Å². The molecule has 1 aromatic carbocycles. The molecule has 2 amide bonds. The fraction of sp³-hybridized carbons (Fsp3) is 0.353. The number of carbonyl (C=O) groups excluding carboxylic acids is 2. The lowest BCUT2D eigenvalue weighted by Gasteiger charge is -2.14. The average molecular weight is 331 g/mol. The number of benzene rings is 1. The molecule has 2 N–H and O–H groups in total. The molecule has 7 heteroatoms. The fourth-order valence-corrected chi connectivity index (χ4v) is 2.21. The molecular formula is C17H21N3O4. The minimum Gasteiger partial charge on any atom is -0.497 e. The van der Waals surface area contributed by atoms with Gasteiger partial charge in [-0.1, -0.05) is 24.2 Å². The number of ether oxygens (including phenoxy) is 1. The van der Waals surface area contributed by atoms with Crippen molar-refractivity contribution >= 4 is 11.8 Å². The quantitative estimate of drug-likeness (QED) is 0.808. The molecule has 1 heterocycles. The molecule has 128 valence electrons. The van der Waals surface area contributed by atoms with Crippen LogP contribution in [-0.4, -0.2) is 30.1 Å². The first-order chi connectivity index (χ1) is 11.5. The van der Waals surface area contributed by atoms with Crippen molar-refractivity contribution in [3.05, 3.63) is 36.1 Å². The van der Waals surface area contributed by atoms with Crippen LogP contribution in [0.1, 0.15) is 26.0 Å². The van der Waals surface area contributed by atoms with Gasteiger partial charge in [-0.2, -0.15) is 0 Å². The number of nitrogens with zero attached hydrogens (tertiary/aromatic N) is 1. The van der Waals surface area contributed by atoms with E-state index in [1.54, 1.807) is 13.2 Å². The Morgan fingerprint density at radius 3 is 2.79 bits per heavy atom. The van der Waals surface area contributed by atoms with Gasteiger partial charge < -0.3 is 19.9 Å². The summed E-state index contributed by atoms with van der Waals surface area (Å²) in [7, 11) is 1.60. The number of methoxy groups -OCH3 is 1. The molecule has 0 aliphatic carbocycles. The molecule has 0 aliphatic rings. The molecule has 24 heavy (non-hydrogen) atoms. The first-order valence-corrected chi connectivity index (χ1v) is 7.68. The summed E-state index contributed by atoms with van der Waals surface area (Å²) in [5.74, 6) is 0.759. The van der Waals surface area contributed by atoms with Gasteiger partial charge in [0.05, 0.1) is 13.7 Å². The highest BCUT2D eigenvalue weighted by molar-refractivity contribution is 5.86. The number of nitrogens with one attached hydrogen (secondary N) is 2. The largest absolute Gasteiger partial charge is 0.497 e. The summed E-state index contributed by atoms with van der Waals surface area (Å²) in [4.78, 5) is 23.1. The van der Waals surface area contributed by atoms with Crippen molar-refractivity contribution in [2.24, 2.45) is 0 Å². The van der Waals surface area contributed by atoms with Crippen LogP contribution < -0.4 is 15.4 Å². The molecule has 7 nitrogen and oxygen atoms in total. The van der Waals surface area contributed by atoms with Crippen molar-refractivity contribution in [1.29, 1.82) is 0 Å². The van der Waals surface area contributed by atoms with Crippen LogP contribution in [0.3, 0.4) is 0 Å². The zero-order valence-electron chi connectivity index (χ0n) is 14.0. The Balaban J connectivity index is 1.98. The summed E-state index contributed by atoms with van der Waals surface area (Å²) < 4.78 is 10.4. The SMILES string of the molecule is CC[C@@H](NC(C)=O)C(=O)NCc1cc(-c2cccc(OC)c2)no1. The molecule has 0 spiro atoms. The Morgan fingerprint density at radius 2 is 2.12 bits per heavy atom. The minimum atomic E-state index is -0.553. The number of hydrogen-bond acceptors (Lipinski definition) is 5. The maximum atomic E-state index is 12.0. The third-order valence-corrected chi connectivity index (χ3v) is 3.46. The van der Waals surface area contributed by atoms with E-state index in [4.69, 9.17) is 9.26 Å². The van der Waals surface area contributed by atoms with Crippen LogP contribution in [0.15, 0.2) is 34.9 Å². The highest BCUT2D eigenvalue weighted by Gasteiger charge is 2.17. The van der Waals surface area contributed by atoms with Crippen molar-refractivity contribution in [3.8, 4) is 17.0 Å². The number of aromatic nitrogens is 1. The van der Waals surface area contributed by atoms with Gasteiger partial charge in [-0.15, -0.1) is 0 Å². The first-order valence-electron chi connectivity index (χ1n) is 7.68. The van der Waals surface area contributed by atoms with Crippen LogP contribution in [0.25, 0.3) is 11.3 Å². The van der Waals surface area contributed by atoms with E-state index in [-0.39, 0.29) is 18.4 Å². The molecule has 0 saturated heterocycles. The second-order valence-electron chi connectivity index (χ2n) is 5.29. The Hall–Kier alpha value is -2.83. The maximum absolute atomic E-state index is 12.0. The van der Waals surface area contributed by atoms with Crippen LogP contribution in [0, 0.1) is 0 Å².